The lowest BCUT2D eigenvalue weighted by molar-refractivity contribution is -0.137. The Morgan fingerprint density at radius 1 is 1.35 bits per heavy atom. The molecule has 2 aromatic rings. The van der Waals surface area contributed by atoms with Crippen molar-refractivity contribution in [3.05, 3.63) is 40.8 Å². The molecule has 0 bridgehead atoms. The first-order chi connectivity index (χ1) is 9.41. The standard InChI is InChI=1S/C12H12ClF3N4/c1-2-17-6-10-9(13)3-4-11(19-10)20-7-8(5-18-20)12(14,15)16/h3-5,7,17H,2,6H2,1H3. The molecule has 0 amide bonds. The van der Waals surface area contributed by atoms with Crippen LogP contribution >= 0.6 is 11.6 Å². The van der Waals surface area contributed by atoms with Crippen molar-refractivity contribution < 1.29 is 13.2 Å². The van der Waals surface area contributed by atoms with E-state index < -0.39 is 11.7 Å². The quantitative estimate of drug-likeness (QED) is 0.944. The highest BCUT2D eigenvalue weighted by Gasteiger charge is 2.32. The Balaban J connectivity index is 2.31. The van der Waals surface area contributed by atoms with Crippen molar-refractivity contribution in [1.82, 2.24) is 20.1 Å². The Kier molecular flexibility index (Phi) is 4.29. The monoisotopic (exact) mass is 304 g/mol. The number of hydrogen-bond acceptors (Lipinski definition) is 3. The van der Waals surface area contributed by atoms with Crippen LogP contribution in [0, 0.1) is 0 Å². The van der Waals surface area contributed by atoms with Gasteiger partial charge >= 0.3 is 6.18 Å². The smallest absolute Gasteiger partial charge is 0.311 e. The van der Waals surface area contributed by atoms with Crippen molar-refractivity contribution in [2.45, 2.75) is 19.6 Å². The van der Waals surface area contributed by atoms with Crippen LogP contribution in [0.15, 0.2) is 24.5 Å². The van der Waals surface area contributed by atoms with Crippen LogP contribution in [0.5, 0.6) is 0 Å². The molecule has 0 atom stereocenters. The third-order valence-electron chi connectivity index (χ3n) is 2.59. The van der Waals surface area contributed by atoms with Crippen LogP contribution in [0.3, 0.4) is 0 Å². The number of nitrogens with zero attached hydrogens (tertiary/aromatic N) is 3. The molecule has 2 rings (SSSR count). The molecule has 20 heavy (non-hydrogen) atoms. The molecule has 8 heteroatoms. The molecule has 0 aliphatic heterocycles. The van der Waals surface area contributed by atoms with Gasteiger partial charge in [-0.2, -0.15) is 18.3 Å². The number of hydrogen-bond donors (Lipinski definition) is 1. The maximum atomic E-state index is 12.5. The van der Waals surface area contributed by atoms with E-state index in [1.165, 1.54) is 6.07 Å². The Morgan fingerprint density at radius 3 is 2.70 bits per heavy atom. The fourth-order valence-electron chi connectivity index (χ4n) is 1.56. The van der Waals surface area contributed by atoms with Gasteiger partial charge in [-0.3, -0.25) is 0 Å². The predicted octanol–water partition coefficient (Wildman–Crippen LogP) is 3.05. The fraction of sp³-hybridized carbons (Fsp3) is 0.333. The third kappa shape index (κ3) is 3.29. The Morgan fingerprint density at radius 2 is 2.10 bits per heavy atom. The zero-order valence-electron chi connectivity index (χ0n) is 10.6. The fourth-order valence-corrected chi connectivity index (χ4v) is 1.73. The van der Waals surface area contributed by atoms with Gasteiger partial charge in [0, 0.05) is 12.7 Å². The number of alkyl halides is 3. The highest BCUT2D eigenvalue weighted by atomic mass is 35.5. The van der Waals surface area contributed by atoms with Crippen LogP contribution in [0.1, 0.15) is 18.2 Å². The molecule has 1 N–H and O–H groups in total. The van der Waals surface area contributed by atoms with E-state index in [0.717, 1.165) is 23.6 Å². The first-order valence-electron chi connectivity index (χ1n) is 5.90. The number of pyridine rings is 1. The van der Waals surface area contributed by atoms with Crippen LogP contribution in [0.2, 0.25) is 5.02 Å². The van der Waals surface area contributed by atoms with Crippen molar-refractivity contribution in [2.75, 3.05) is 6.54 Å². The maximum absolute atomic E-state index is 12.5. The minimum atomic E-state index is -4.42. The van der Waals surface area contributed by atoms with Crippen LogP contribution in [0.25, 0.3) is 5.82 Å². The molecule has 0 saturated carbocycles. The number of rotatable bonds is 4. The van der Waals surface area contributed by atoms with Crippen molar-refractivity contribution in [3.63, 3.8) is 0 Å². The lowest BCUT2D eigenvalue weighted by atomic mass is 10.3. The second-order valence-electron chi connectivity index (χ2n) is 4.05. The minimum absolute atomic E-state index is 0.290. The second kappa shape index (κ2) is 5.80. The summed E-state index contributed by atoms with van der Waals surface area (Å²) in [5, 5.41) is 7.19. The maximum Gasteiger partial charge on any atom is 0.419 e. The van der Waals surface area contributed by atoms with E-state index in [1.807, 2.05) is 6.92 Å². The van der Waals surface area contributed by atoms with Crippen molar-refractivity contribution in [2.24, 2.45) is 0 Å². The molecule has 2 aromatic heterocycles. The predicted molar refractivity (Wildman–Crippen MR) is 68.8 cm³/mol. The molecule has 0 aliphatic carbocycles. The van der Waals surface area contributed by atoms with E-state index >= 15 is 0 Å². The van der Waals surface area contributed by atoms with E-state index in [0.29, 0.717) is 17.3 Å². The summed E-state index contributed by atoms with van der Waals surface area (Å²) < 4.78 is 38.6. The average molecular weight is 305 g/mol. The molecule has 108 valence electrons. The number of aromatic nitrogens is 3. The van der Waals surface area contributed by atoms with Crippen molar-refractivity contribution >= 4 is 11.6 Å². The number of halogens is 4. The number of nitrogens with one attached hydrogen (secondary N) is 1. The molecule has 2 heterocycles. The van der Waals surface area contributed by atoms with Gasteiger partial charge in [-0.1, -0.05) is 18.5 Å². The first-order valence-corrected chi connectivity index (χ1v) is 6.28. The SMILES string of the molecule is CCNCc1nc(-n2cc(C(F)(F)F)cn2)ccc1Cl. The lowest BCUT2D eigenvalue weighted by Crippen LogP contribution is -2.14. The van der Waals surface area contributed by atoms with E-state index in [9.17, 15) is 13.2 Å². The van der Waals surface area contributed by atoms with Crippen LogP contribution in [0.4, 0.5) is 13.2 Å². The molecule has 0 aromatic carbocycles. The molecule has 0 fully saturated rings. The molecular weight excluding hydrogens is 293 g/mol. The molecule has 0 radical (unpaired) electrons. The van der Waals surface area contributed by atoms with Gasteiger partial charge in [0.25, 0.3) is 0 Å². The summed E-state index contributed by atoms with van der Waals surface area (Å²) in [5.41, 5.74) is -0.252. The van der Waals surface area contributed by atoms with E-state index in [-0.39, 0.29) is 5.82 Å². The van der Waals surface area contributed by atoms with Crippen molar-refractivity contribution in [1.29, 1.82) is 0 Å². The summed E-state index contributed by atoms with van der Waals surface area (Å²) in [6.45, 7) is 3.11. The van der Waals surface area contributed by atoms with Gasteiger partial charge in [0.15, 0.2) is 5.82 Å². The molecule has 0 saturated heterocycles. The summed E-state index contributed by atoms with van der Waals surface area (Å²) in [6, 6.07) is 3.11. The summed E-state index contributed by atoms with van der Waals surface area (Å²) >= 11 is 5.99. The zero-order valence-corrected chi connectivity index (χ0v) is 11.3. The molecule has 0 spiro atoms. The second-order valence-corrected chi connectivity index (χ2v) is 4.46. The average Bonchev–Trinajstić information content (AvgIpc) is 2.87. The largest absolute Gasteiger partial charge is 0.419 e. The summed E-state index contributed by atoms with van der Waals surface area (Å²) in [4.78, 5) is 4.21. The highest BCUT2D eigenvalue weighted by molar-refractivity contribution is 6.31. The van der Waals surface area contributed by atoms with Gasteiger partial charge in [0.2, 0.25) is 0 Å². The van der Waals surface area contributed by atoms with Gasteiger partial charge in [-0.25, -0.2) is 9.67 Å². The van der Waals surface area contributed by atoms with Gasteiger partial charge in [-0.15, -0.1) is 0 Å². The summed E-state index contributed by atoms with van der Waals surface area (Å²) in [7, 11) is 0. The minimum Gasteiger partial charge on any atom is -0.311 e. The van der Waals surface area contributed by atoms with E-state index in [2.05, 4.69) is 15.4 Å². The summed E-state index contributed by atoms with van der Waals surface area (Å²) in [6.07, 6.45) is -2.76. The van der Waals surface area contributed by atoms with Gasteiger partial charge < -0.3 is 5.32 Å². The lowest BCUT2D eigenvalue weighted by Gasteiger charge is -2.07. The molecule has 0 aliphatic rings. The van der Waals surface area contributed by atoms with Gasteiger partial charge in [0.1, 0.15) is 0 Å². The third-order valence-corrected chi connectivity index (χ3v) is 2.94. The van der Waals surface area contributed by atoms with E-state index in [4.69, 9.17) is 11.6 Å². The molecule has 0 unspecified atom stereocenters. The summed E-state index contributed by atoms with van der Waals surface area (Å²) in [5.74, 6) is 0.290. The first kappa shape index (κ1) is 14.8. The van der Waals surface area contributed by atoms with Crippen LogP contribution in [-0.2, 0) is 12.7 Å². The normalized spacial score (nSPS) is 11.8. The van der Waals surface area contributed by atoms with Gasteiger partial charge in [0.05, 0.1) is 22.5 Å². The van der Waals surface area contributed by atoms with E-state index in [1.54, 1.807) is 6.07 Å². The molecule has 4 nitrogen and oxygen atoms in total. The topological polar surface area (TPSA) is 42.7 Å². The van der Waals surface area contributed by atoms with Gasteiger partial charge in [-0.05, 0) is 18.7 Å². The van der Waals surface area contributed by atoms with Crippen molar-refractivity contribution in [3.8, 4) is 5.82 Å². The van der Waals surface area contributed by atoms with Crippen LogP contribution < -0.4 is 5.32 Å². The molecular formula is C12H12ClF3N4. The Labute approximate surface area is 118 Å². The van der Waals surface area contributed by atoms with Crippen LogP contribution in [-0.4, -0.2) is 21.3 Å². The zero-order chi connectivity index (χ0) is 14.8. The Hall–Kier alpha value is -1.60. The Bertz CT molecular complexity index is 595. The highest BCUT2D eigenvalue weighted by Crippen LogP contribution is 2.29.